The SMILES string of the molecule is CC(=O)N[C@@H](CC(C)C)C(=O)N[C@@H](CCCN=C(N)N)C(=O)N[C@@H](CCCN=C(N)N)C(=O)N[C@@H](C)C(=O)N[C@H](C(=O)N[C@@H](CC(C)C)C(=O)NCC(=O)O)[C@@H](C)O. The number of rotatable bonds is 27. The lowest BCUT2D eigenvalue weighted by Crippen LogP contribution is -2.61. The van der Waals surface area contributed by atoms with Crippen LogP contribution in [-0.4, -0.2) is 131 Å². The number of carboxylic acids is 1. The van der Waals surface area contributed by atoms with E-state index < -0.39 is 96.2 Å². The van der Waals surface area contributed by atoms with Gasteiger partial charge in [0.15, 0.2) is 11.9 Å². The molecule has 330 valence electrons. The van der Waals surface area contributed by atoms with Crippen molar-refractivity contribution in [2.24, 2.45) is 44.8 Å². The third-order valence-corrected chi connectivity index (χ3v) is 8.13. The van der Waals surface area contributed by atoms with Gasteiger partial charge >= 0.3 is 5.97 Å². The van der Waals surface area contributed by atoms with E-state index in [1.165, 1.54) is 20.8 Å². The molecule has 0 aliphatic carbocycles. The van der Waals surface area contributed by atoms with Crippen LogP contribution in [0.25, 0.3) is 0 Å². The van der Waals surface area contributed by atoms with E-state index in [9.17, 15) is 43.5 Å². The summed E-state index contributed by atoms with van der Waals surface area (Å²) in [5.41, 5.74) is 21.7. The van der Waals surface area contributed by atoms with Gasteiger partial charge in [-0.25, -0.2) is 0 Å². The second kappa shape index (κ2) is 27.0. The van der Waals surface area contributed by atoms with E-state index in [0.29, 0.717) is 0 Å². The second-order valence-electron chi connectivity index (χ2n) is 14.7. The molecule has 0 saturated heterocycles. The molecule has 0 unspecified atom stereocenters. The predicted molar refractivity (Wildman–Crippen MR) is 214 cm³/mol. The summed E-state index contributed by atoms with van der Waals surface area (Å²) >= 11 is 0. The molecule has 17 N–H and O–H groups in total. The van der Waals surface area contributed by atoms with E-state index in [1.807, 2.05) is 13.8 Å². The van der Waals surface area contributed by atoms with Gasteiger partial charge in [-0.15, -0.1) is 0 Å². The average molecular weight is 828 g/mol. The summed E-state index contributed by atoms with van der Waals surface area (Å²) in [5, 5.41) is 36.6. The van der Waals surface area contributed by atoms with Gasteiger partial charge in [0.1, 0.15) is 42.8 Å². The minimum atomic E-state index is -1.61. The molecule has 0 fully saturated rings. The lowest BCUT2D eigenvalue weighted by molar-refractivity contribution is -0.139. The Balaban J connectivity index is 6.25. The van der Waals surface area contributed by atoms with E-state index in [2.05, 4.69) is 47.2 Å². The maximum Gasteiger partial charge on any atom is 0.322 e. The van der Waals surface area contributed by atoms with Crippen molar-refractivity contribution in [3.63, 3.8) is 0 Å². The van der Waals surface area contributed by atoms with Crippen LogP contribution in [-0.2, 0) is 38.4 Å². The van der Waals surface area contributed by atoms with Crippen LogP contribution in [0.15, 0.2) is 9.98 Å². The first-order valence-corrected chi connectivity index (χ1v) is 19.0. The molecule has 0 spiro atoms. The van der Waals surface area contributed by atoms with Crippen molar-refractivity contribution >= 4 is 59.2 Å². The molecule has 0 saturated carbocycles. The standard InChI is InChI=1S/C35H65N13O10/c1-17(2)14-24(29(54)42-16-26(51)52)47-33(58)27(20(6)49)48-28(53)19(5)43-30(55)22(10-8-12-40-34(36)37)45-31(56)23(11-9-13-41-35(38)39)46-32(57)25(15-18(3)4)44-21(7)50/h17-20,22-25,27,49H,8-16H2,1-7H3,(H,42,54)(H,43,55)(H,44,50)(H,45,56)(H,46,57)(H,47,58)(H,48,53)(H,51,52)(H4,36,37,40)(H4,38,39,41)/t19-,20+,22-,23-,24-,25-,27-/m0/s1. The maximum absolute atomic E-state index is 13.8. The lowest BCUT2D eigenvalue weighted by Gasteiger charge is -2.27. The van der Waals surface area contributed by atoms with Gasteiger partial charge in [0.05, 0.1) is 6.10 Å². The minimum absolute atomic E-state index is 0.00165. The Hall–Kier alpha value is -5.74. The molecule has 23 heteroatoms. The normalized spacial score (nSPS) is 14.5. The number of aliphatic carboxylic acids is 1. The molecule has 0 radical (unpaired) electrons. The second-order valence-corrected chi connectivity index (χ2v) is 14.7. The van der Waals surface area contributed by atoms with Crippen molar-refractivity contribution in [2.75, 3.05) is 19.6 Å². The highest BCUT2D eigenvalue weighted by atomic mass is 16.4. The summed E-state index contributed by atoms with van der Waals surface area (Å²) in [6.07, 6.45) is -0.727. The van der Waals surface area contributed by atoms with Gasteiger partial charge in [-0.2, -0.15) is 0 Å². The molecule has 0 heterocycles. The van der Waals surface area contributed by atoms with Crippen molar-refractivity contribution in [3.8, 4) is 0 Å². The zero-order valence-electron chi connectivity index (χ0n) is 34.4. The molecular weight excluding hydrogens is 762 g/mol. The highest BCUT2D eigenvalue weighted by molar-refractivity contribution is 5.97. The van der Waals surface area contributed by atoms with Gasteiger partial charge in [0.2, 0.25) is 41.4 Å². The number of guanidine groups is 2. The highest BCUT2D eigenvalue weighted by Crippen LogP contribution is 2.10. The number of amides is 7. The molecule has 0 aliphatic heterocycles. The summed E-state index contributed by atoms with van der Waals surface area (Å²) in [7, 11) is 0. The van der Waals surface area contributed by atoms with E-state index in [0.717, 1.165) is 0 Å². The van der Waals surface area contributed by atoms with E-state index in [4.69, 9.17) is 28.0 Å². The Morgan fingerprint density at radius 3 is 1.36 bits per heavy atom. The molecule has 0 aromatic carbocycles. The first kappa shape index (κ1) is 52.3. The van der Waals surface area contributed by atoms with Gasteiger partial charge < -0.3 is 70.4 Å². The molecule has 0 bridgehead atoms. The molecule has 7 amide bonds. The summed E-state index contributed by atoms with van der Waals surface area (Å²) in [6, 6.07) is -7.66. The molecule has 0 aliphatic rings. The van der Waals surface area contributed by atoms with Crippen LogP contribution in [0.2, 0.25) is 0 Å². The number of nitrogens with two attached hydrogens (primary N) is 4. The van der Waals surface area contributed by atoms with E-state index >= 15 is 0 Å². The molecule has 0 rings (SSSR count). The topological polar surface area (TPSA) is 390 Å². The number of carbonyl (C=O) groups excluding carboxylic acids is 7. The molecule has 0 aromatic heterocycles. The quantitative estimate of drug-likeness (QED) is 0.0212. The molecule has 7 atom stereocenters. The molecular formula is C35H65N13O10. The van der Waals surface area contributed by atoms with Crippen molar-refractivity contribution < 1.29 is 48.6 Å². The zero-order chi connectivity index (χ0) is 44.7. The molecule has 0 aromatic rings. The fourth-order valence-corrected chi connectivity index (χ4v) is 5.35. The van der Waals surface area contributed by atoms with Gasteiger partial charge in [-0.1, -0.05) is 27.7 Å². The predicted octanol–water partition coefficient (Wildman–Crippen LogP) is -4.28. The minimum Gasteiger partial charge on any atom is -0.480 e. The van der Waals surface area contributed by atoms with Crippen LogP contribution in [0.3, 0.4) is 0 Å². The summed E-state index contributed by atoms with van der Waals surface area (Å²) in [5.74, 6) is -7.19. The van der Waals surface area contributed by atoms with Gasteiger partial charge in [0, 0.05) is 20.0 Å². The van der Waals surface area contributed by atoms with Crippen LogP contribution in [0.5, 0.6) is 0 Å². The fraction of sp³-hybridized carbons (Fsp3) is 0.714. The number of carbonyl (C=O) groups is 8. The number of nitrogens with zero attached hydrogens (tertiary/aromatic N) is 2. The molecule has 58 heavy (non-hydrogen) atoms. The smallest absolute Gasteiger partial charge is 0.322 e. The summed E-state index contributed by atoms with van der Waals surface area (Å²) in [4.78, 5) is 110. The van der Waals surface area contributed by atoms with E-state index in [1.54, 1.807) is 13.8 Å². The van der Waals surface area contributed by atoms with Gasteiger partial charge in [-0.05, 0) is 64.2 Å². The van der Waals surface area contributed by atoms with Crippen LogP contribution < -0.4 is 60.2 Å². The molecule has 23 nitrogen and oxygen atoms in total. The Labute approximate surface area is 338 Å². The van der Waals surface area contributed by atoms with Crippen LogP contribution in [0, 0.1) is 11.8 Å². The number of aliphatic hydroxyl groups excluding tert-OH is 1. The van der Waals surface area contributed by atoms with Crippen molar-refractivity contribution in [1.82, 2.24) is 37.2 Å². The van der Waals surface area contributed by atoms with Crippen LogP contribution in [0.1, 0.15) is 87.0 Å². The van der Waals surface area contributed by atoms with Crippen molar-refractivity contribution in [3.05, 3.63) is 0 Å². The average Bonchev–Trinajstić information content (AvgIpc) is 3.09. The van der Waals surface area contributed by atoms with E-state index in [-0.39, 0.29) is 75.4 Å². The first-order valence-electron chi connectivity index (χ1n) is 19.0. The Bertz CT molecular complexity index is 1460. The Kier molecular flexibility index (Phi) is 24.3. The monoisotopic (exact) mass is 827 g/mol. The number of hydrogen-bond donors (Lipinski definition) is 13. The number of aliphatic hydroxyl groups is 1. The Morgan fingerprint density at radius 2 is 0.966 bits per heavy atom. The van der Waals surface area contributed by atoms with Crippen LogP contribution >= 0.6 is 0 Å². The zero-order valence-corrected chi connectivity index (χ0v) is 34.4. The van der Waals surface area contributed by atoms with Crippen molar-refractivity contribution in [2.45, 2.75) is 129 Å². The van der Waals surface area contributed by atoms with Crippen molar-refractivity contribution in [1.29, 1.82) is 0 Å². The fourth-order valence-electron chi connectivity index (χ4n) is 5.35. The highest BCUT2D eigenvalue weighted by Gasteiger charge is 2.34. The number of nitrogens with one attached hydrogen (secondary N) is 7. The third kappa shape index (κ3) is 22.7. The largest absolute Gasteiger partial charge is 0.480 e. The van der Waals surface area contributed by atoms with Crippen LogP contribution in [0.4, 0.5) is 0 Å². The number of aliphatic imine (C=N–C) groups is 2. The summed E-state index contributed by atoms with van der Waals surface area (Å²) in [6.45, 7) is 10.5. The third-order valence-electron chi connectivity index (χ3n) is 8.13. The summed E-state index contributed by atoms with van der Waals surface area (Å²) < 4.78 is 0. The van der Waals surface area contributed by atoms with Gasteiger partial charge in [-0.3, -0.25) is 48.3 Å². The first-order chi connectivity index (χ1) is 26.9. The number of carboxylic acid groups (broad SMARTS) is 1. The maximum atomic E-state index is 13.8. The lowest BCUT2D eigenvalue weighted by atomic mass is 10.0. The number of hydrogen-bond acceptors (Lipinski definition) is 11. The van der Waals surface area contributed by atoms with Gasteiger partial charge in [0.25, 0.3) is 0 Å². The Morgan fingerprint density at radius 1 is 0.552 bits per heavy atom.